The Morgan fingerprint density at radius 3 is 2.50 bits per heavy atom. The van der Waals surface area contributed by atoms with Gasteiger partial charge in [0.15, 0.2) is 0 Å². The van der Waals surface area contributed by atoms with Gasteiger partial charge in [-0.2, -0.15) is 0 Å². The maximum Gasteiger partial charge on any atom is 0.253 e. The predicted molar refractivity (Wildman–Crippen MR) is 71.9 cm³/mol. The van der Waals surface area contributed by atoms with Gasteiger partial charge in [-0.25, -0.2) is 0 Å². The molecule has 7 heteroatoms. The largest absolute Gasteiger partial charge is 0.399 e. The molecule has 1 aromatic carbocycles. The number of nitrogen functional groups attached to an aromatic ring is 1. The Morgan fingerprint density at radius 1 is 1.33 bits per heavy atom. The van der Waals surface area contributed by atoms with Gasteiger partial charge in [0.05, 0.1) is 15.6 Å². The zero-order valence-electron chi connectivity index (χ0n) is 9.88. The number of carbonyl (C=O) groups is 2. The molecule has 0 spiro atoms. The summed E-state index contributed by atoms with van der Waals surface area (Å²) in [6.07, 6.45) is 0. The van der Waals surface area contributed by atoms with Crippen LogP contribution in [0.1, 0.15) is 17.3 Å². The van der Waals surface area contributed by atoms with E-state index in [0.29, 0.717) is 5.69 Å². The molecule has 0 fully saturated rings. The van der Waals surface area contributed by atoms with Gasteiger partial charge in [0.1, 0.15) is 6.04 Å². The highest BCUT2D eigenvalue weighted by Gasteiger charge is 2.19. The van der Waals surface area contributed by atoms with Crippen LogP contribution < -0.4 is 16.4 Å². The highest BCUT2D eigenvalue weighted by Crippen LogP contribution is 2.28. The summed E-state index contributed by atoms with van der Waals surface area (Å²) in [5, 5.41) is 5.21. The molecule has 5 nitrogen and oxygen atoms in total. The second-order valence-electron chi connectivity index (χ2n) is 3.67. The molecular formula is C11H13Cl2N3O2. The van der Waals surface area contributed by atoms with Crippen molar-refractivity contribution in [1.29, 1.82) is 0 Å². The Morgan fingerprint density at radius 2 is 1.94 bits per heavy atom. The van der Waals surface area contributed by atoms with Crippen molar-refractivity contribution in [1.82, 2.24) is 10.6 Å². The molecule has 0 heterocycles. The second-order valence-corrected chi connectivity index (χ2v) is 4.46. The number of halogens is 2. The molecule has 2 amide bonds. The summed E-state index contributed by atoms with van der Waals surface area (Å²) < 4.78 is 0. The van der Waals surface area contributed by atoms with Gasteiger partial charge in [-0.15, -0.1) is 0 Å². The number of amides is 2. The summed E-state index contributed by atoms with van der Waals surface area (Å²) in [6, 6.07) is 2.17. The number of hydrogen-bond donors (Lipinski definition) is 3. The van der Waals surface area contributed by atoms with Crippen LogP contribution in [0.5, 0.6) is 0 Å². The van der Waals surface area contributed by atoms with Gasteiger partial charge in [0.25, 0.3) is 5.91 Å². The number of carbonyl (C=O) groups excluding carboxylic acids is 2. The van der Waals surface area contributed by atoms with Crippen molar-refractivity contribution < 1.29 is 9.59 Å². The highest BCUT2D eigenvalue weighted by atomic mass is 35.5. The van der Waals surface area contributed by atoms with Gasteiger partial charge in [-0.3, -0.25) is 9.59 Å². The van der Waals surface area contributed by atoms with E-state index in [1.54, 1.807) is 6.92 Å². The third-order valence-corrected chi connectivity index (χ3v) is 3.08. The molecule has 98 valence electrons. The van der Waals surface area contributed by atoms with Gasteiger partial charge in [-0.1, -0.05) is 23.2 Å². The molecular weight excluding hydrogens is 277 g/mol. The topological polar surface area (TPSA) is 84.2 Å². The first-order chi connectivity index (χ1) is 8.36. The third kappa shape index (κ3) is 3.27. The molecule has 0 saturated heterocycles. The monoisotopic (exact) mass is 289 g/mol. The number of nitrogens with two attached hydrogens (primary N) is 1. The van der Waals surface area contributed by atoms with E-state index in [0.717, 1.165) is 0 Å². The molecule has 1 aromatic rings. The maximum absolute atomic E-state index is 11.9. The fourth-order valence-electron chi connectivity index (χ4n) is 1.33. The van der Waals surface area contributed by atoms with Crippen molar-refractivity contribution in [3.05, 3.63) is 27.7 Å². The van der Waals surface area contributed by atoms with Crippen molar-refractivity contribution in [2.75, 3.05) is 12.8 Å². The molecule has 0 aliphatic carbocycles. The van der Waals surface area contributed by atoms with E-state index in [4.69, 9.17) is 28.9 Å². The van der Waals surface area contributed by atoms with E-state index in [1.165, 1.54) is 19.2 Å². The van der Waals surface area contributed by atoms with Gasteiger partial charge >= 0.3 is 0 Å². The number of nitrogens with one attached hydrogen (secondary N) is 2. The van der Waals surface area contributed by atoms with Crippen LogP contribution in [-0.2, 0) is 4.79 Å². The van der Waals surface area contributed by atoms with E-state index in [2.05, 4.69) is 10.6 Å². The lowest BCUT2D eigenvalue weighted by atomic mass is 10.1. The molecule has 0 radical (unpaired) electrons. The van der Waals surface area contributed by atoms with Gasteiger partial charge in [0, 0.05) is 12.7 Å². The molecule has 0 aliphatic heterocycles. The summed E-state index contributed by atoms with van der Waals surface area (Å²) in [5.74, 6) is -0.820. The second kappa shape index (κ2) is 5.93. The molecule has 1 unspecified atom stereocenters. The van der Waals surface area contributed by atoms with Gasteiger partial charge in [-0.05, 0) is 19.1 Å². The average Bonchev–Trinajstić information content (AvgIpc) is 2.32. The first-order valence-electron chi connectivity index (χ1n) is 5.13. The van der Waals surface area contributed by atoms with Crippen molar-refractivity contribution in [3.8, 4) is 0 Å². The molecule has 0 bridgehead atoms. The van der Waals surface area contributed by atoms with Crippen LogP contribution in [0.3, 0.4) is 0 Å². The van der Waals surface area contributed by atoms with Crippen LogP contribution in [0, 0.1) is 0 Å². The van der Waals surface area contributed by atoms with Crippen molar-refractivity contribution >= 4 is 40.7 Å². The Labute approximate surface area is 115 Å². The first-order valence-corrected chi connectivity index (χ1v) is 5.89. The Hall–Kier alpha value is -1.46. The highest BCUT2D eigenvalue weighted by molar-refractivity contribution is 6.44. The minimum atomic E-state index is -0.682. The average molecular weight is 290 g/mol. The van der Waals surface area contributed by atoms with Crippen LogP contribution >= 0.6 is 23.2 Å². The lowest BCUT2D eigenvalue weighted by molar-refractivity contribution is -0.122. The Bertz CT molecular complexity index is 491. The molecule has 0 aromatic heterocycles. The quantitative estimate of drug-likeness (QED) is 0.736. The summed E-state index contributed by atoms with van der Waals surface area (Å²) in [6.45, 7) is 1.55. The van der Waals surface area contributed by atoms with E-state index in [9.17, 15) is 9.59 Å². The molecule has 18 heavy (non-hydrogen) atoms. The van der Waals surface area contributed by atoms with Crippen molar-refractivity contribution in [2.45, 2.75) is 13.0 Å². The number of rotatable bonds is 3. The lowest BCUT2D eigenvalue weighted by Gasteiger charge is -2.13. The van der Waals surface area contributed by atoms with E-state index in [1.807, 2.05) is 0 Å². The molecule has 1 atom stereocenters. The van der Waals surface area contributed by atoms with Gasteiger partial charge < -0.3 is 16.4 Å². The maximum atomic E-state index is 11.9. The van der Waals surface area contributed by atoms with E-state index >= 15 is 0 Å². The first kappa shape index (κ1) is 14.6. The lowest BCUT2D eigenvalue weighted by Crippen LogP contribution is -2.43. The summed E-state index contributed by atoms with van der Waals surface area (Å²) in [4.78, 5) is 23.2. The van der Waals surface area contributed by atoms with E-state index in [-0.39, 0.29) is 21.5 Å². The fraction of sp³-hybridized carbons (Fsp3) is 0.273. The zero-order valence-corrected chi connectivity index (χ0v) is 11.4. The Balaban J connectivity index is 2.95. The van der Waals surface area contributed by atoms with Crippen LogP contribution in [0.15, 0.2) is 12.1 Å². The van der Waals surface area contributed by atoms with Crippen LogP contribution in [0.4, 0.5) is 5.69 Å². The standard InChI is InChI=1S/C11H13Cl2N3O2/c1-5(10(17)15-2)16-11(18)7-3-6(14)4-8(12)9(7)13/h3-5H,14H2,1-2H3,(H,15,17)(H,16,18). The van der Waals surface area contributed by atoms with Crippen LogP contribution in [-0.4, -0.2) is 24.9 Å². The predicted octanol–water partition coefficient (Wildman–Crippen LogP) is 1.44. The van der Waals surface area contributed by atoms with Crippen LogP contribution in [0.2, 0.25) is 10.0 Å². The molecule has 4 N–H and O–H groups in total. The van der Waals surface area contributed by atoms with Gasteiger partial charge in [0.2, 0.25) is 5.91 Å². The summed E-state index contributed by atoms with van der Waals surface area (Å²) in [7, 11) is 1.48. The Kier molecular flexibility index (Phi) is 4.81. The summed E-state index contributed by atoms with van der Waals surface area (Å²) in [5.41, 5.74) is 6.04. The van der Waals surface area contributed by atoms with E-state index < -0.39 is 11.9 Å². The summed E-state index contributed by atoms with van der Waals surface area (Å²) >= 11 is 11.7. The SMILES string of the molecule is CNC(=O)C(C)NC(=O)c1cc(N)cc(Cl)c1Cl. The fourth-order valence-corrected chi connectivity index (χ4v) is 1.75. The number of hydrogen-bond acceptors (Lipinski definition) is 3. The molecule has 0 saturated carbocycles. The van der Waals surface area contributed by atoms with Crippen molar-refractivity contribution in [2.24, 2.45) is 0 Å². The number of benzene rings is 1. The number of likely N-dealkylation sites (N-methyl/N-ethyl adjacent to an activating group) is 1. The minimum Gasteiger partial charge on any atom is -0.399 e. The van der Waals surface area contributed by atoms with Crippen molar-refractivity contribution in [3.63, 3.8) is 0 Å². The smallest absolute Gasteiger partial charge is 0.253 e. The zero-order chi connectivity index (χ0) is 13.9. The minimum absolute atomic E-state index is 0.104. The van der Waals surface area contributed by atoms with Crippen LogP contribution in [0.25, 0.3) is 0 Å². The normalized spacial score (nSPS) is 11.8. The molecule has 0 aliphatic rings. The molecule has 1 rings (SSSR count). The number of anilines is 1. The third-order valence-electron chi connectivity index (χ3n) is 2.28.